The number of hydrogen-bond acceptors (Lipinski definition) is 3. The monoisotopic (exact) mass is 348 g/mol. The molecule has 0 heterocycles. The third-order valence-corrected chi connectivity index (χ3v) is 3.30. The zero-order valence-corrected chi connectivity index (χ0v) is 14.2. The summed E-state index contributed by atoms with van der Waals surface area (Å²) in [4.78, 5) is 11.6. The van der Waals surface area contributed by atoms with Crippen LogP contribution in [0.5, 0.6) is 0 Å². The number of carbonyl (C=O) groups excluding carboxylic acids is 1. The van der Waals surface area contributed by atoms with Gasteiger partial charge in [0.25, 0.3) is 0 Å². The Balaban J connectivity index is 2.23. The number of aliphatic hydroxyl groups is 1. The van der Waals surface area contributed by atoms with Gasteiger partial charge in [-0.05, 0) is 23.6 Å². The van der Waals surface area contributed by atoms with Gasteiger partial charge in [-0.1, -0.05) is 43.1 Å². The normalized spacial score (nSPS) is 12.3. The van der Waals surface area contributed by atoms with Crippen LogP contribution < -0.4 is 10.6 Å². The molecule has 0 spiro atoms. The molecular formula is C15H22Cl2N2O3. The van der Waals surface area contributed by atoms with E-state index in [-0.39, 0.29) is 25.7 Å². The van der Waals surface area contributed by atoms with Gasteiger partial charge in [0.2, 0.25) is 0 Å². The minimum absolute atomic E-state index is 0.123. The third kappa shape index (κ3) is 7.84. The van der Waals surface area contributed by atoms with Crippen molar-refractivity contribution in [3.05, 3.63) is 33.8 Å². The van der Waals surface area contributed by atoms with Crippen LogP contribution in [0.3, 0.4) is 0 Å². The molecule has 5 nitrogen and oxygen atoms in total. The van der Waals surface area contributed by atoms with Gasteiger partial charge in [-0.2, -0.15) is 0 Å². The maximum Gasteiger partial charge on any atom is 0.315 e. The molecule has 0 aliphatic carbocycles. The standard InChI is InChI=1S/C15H22Cl2N2O3/c1-10(2)8-22-9-13(20)7-19-15(21)18-6-11-3-4-12(16)5-14(11)17/h3-5,10,13,20H,6-9H2,1-2H3,(H2,18,19,21). The van der Waals surface area contributed by atoms with Crippen molar-refractivity contribution in [3.63, 3.8) is 0 Å². The predicted octanol–water partition coefficient (Wildman–Crippen LogP) is 2.83. The van der Waals surface area contributed by atoms with E-state index >= 15 is 0 Å². The molecule has 0 fully saturated rings. The van der Waals surface area contributed by atoms with Crippen LogP contribution in [-0.2, 0) is 11.3 Å². The molecule has 1 aromatic rings. The highest BCUT2D eigenvalue weighted by Gasteiger charge is 2.08. The lowest BCUT2D eigenvalue weighted by molar-refractivity contribution is 0.0272. The second-order valence-electron chi connectivity index (χ2n) is 5.38. The van der Waals surface area contributed by atoms with E-state index < -0.39 is 6.10 Å². The van der Waals surface area contributed by atoms with Gasteiger partial charge in [-0.15, -0.1) is 0 Å². The number of hydrogen-bond donors (Lipinski definition) is 3. The van der Waals surface area contributed by atoms with Gasteiger partial charge in [0.1, 0.15) is 0 Å². The molecule has 22 heavy (non-hydrogen) atoms. The van der Waals surface area contributed by atoms with Gasteiger partial charge in [0.05, 0.1) is 12.7 Å². The number of urea groups is 1. The number of nitrogens with one attached hydrogen (secondary N) is 2. The maximum absolute atomic E-state index is 11.6. The Morgan fingerprint density at radius 3 is 2.64 bits per heavy atom. The molecule has 0 radical (unpaired) electrons. The summed E-state index contributed by atoms with van der Waals surface area (Å²) in [7, 11) is 0. The van der Waals surface area contributed by atoms with Crippen LogP contribution in [-0.4, -0.2) is 37.0 Å². The van der Waals surface area contributed by atoms with E-state index in [0.29, 0.717) is 22.6 Å². The number of ether oxygens (including phenoxy) is 1. The summed E-state index contributed by atoms with van der Waals surface area (Å²) >= 11 is 11.8. The Bertz CT molecular complexity index is 484. The average Bonchev–Trinajstić information content (AvgIpc) is 2.43. The molecule has 7 heteroatoms. The van der Waals surface area contributed by atoms with Crippen molar-refractivity contribution in [3.8, 4) is 0 Å². The summed E-state index contributed by atoms with van der Waals surface area (Å²) in [6.07, 6.45) is -0.733. The predicted molar refractivity (Wildman–Crippen MR) is 88.4 cm³/mol. The van der Waals surface area contributed by atoms with Crippen molar-refractivity contribution in [1.82, 2.24) is 10.6 Å². The minimum Gasteiger partial charge on any atom is -0.389 e. The van der Waals surface area contributed by atoms with E-state index in [1.54, 1.807) is 18.2 Å². The van der Waals surface area contributed by atoms with E-state index in [0.717, 1.165) is 5.56 Å². The van der Waals surface area contributed by atoms with Gasteiger partial charge < -0.3 is 20.5 Å². The van der Waals surface area contributed by atoms with Crippen LogP contribution in [0.2, 0.25) is 10.0 Å². The maximum atomic E-state index is 11.6. The smallest absolute Gasteiger partial charge is 0.315 e. The molecule has 1 atom stereocenters. The van der Waals surface area contributed by atoms with Gasteiger partial charge in [-0.25, -0.2) is 4.79 Å². The first-order chi connectivity index (χ1) is 10.4. The van der Waals surface area contributed by atoms with Crippen molar-refractivity contribution < 1.29 is 14.6 Å². The summed E-state index contributed by atoms with van der Waals surface area (Å²) in [5.41, 5.74) is 0.766. The Labute approximate surface area is 140 Å². The Kier molecular flexibility index (Phi) is 8.56. The van der Waals surface area contributed by atoms with Crippen molar-refractivity contribution >= 4 is 29.2 Å². The second kappa shape index (κ2) is 9.90. The van der Waals surface area contributed by atoms with Crippen LogP contribution in [0, 0.1) is 5.92 Å². The fraction of sp³-hybridized carbons (Fsp3) is 0.533. The van der Waals surface area contributed by atoms with Crippen molar-refractivity contribution in [1.29, 1.82) is 0 Å². The summed E-state index contributed by atoms with van der Waals surface area (Å²) in [6.45, 7) is 5.24. The summed E-state index contributed by atoms with van der Waals surface area (Å²) in [5.74, 6) is 0.410. The number of aliphatic hydroxyl groups excluding tert-OH is 1. The summed E-state index contributed by atoms with van der Waals surface area (Å²) in [5, 5.41) is 15.9. The molecular weight excluding hydrogens is 327 g/mol. The first-order valence-corrected chi connectivity index (χ1v) is 7.85. The molecule has 0 aliphatic heterocycles. The lowest BCUT2D eigenvalue weighted by Gasteiger charge is -2.14. The van der Waals surface area contributed by atoms with Crippen LogP contribution in [0.15, 0.2) is 18.2 Å². The number of halogens is 2. The van der Waals surface area contributed by atoms with Crippen LogP contribution in [0.4, 0.5) is 4.79 Å². The van der Waals surface area contributed by atoms with E-state index in [4.69, 9.17) is 27.9 Å². The molecule has 0 bridgehead atoms. The van der Waals surface area contributed by atoms with Crippen LogP contribution in [0.1, 0.15) is 19.4 Å². The first kappa shape index (κ1) is 19.0. The number of carbonyl (C=O) groups is 1. The molecule has 3 N–H and O–H groups in total. The Morgan fingerprint density at radius 2 is 2.00 bits per heavy atom. The fourth-order valence-electron chi connectivity index (χ4n) is 1.61. The highest BCUT2D eigenvalue weighted by atomic mass is 35.5. The highest BCUT2D eigenvalue weighted by molar-refractivity contribution is 6.35. The van der Waals surface area contributed by atoms with Crippen molar-refractivity contribution in [2.45, 2.75) is 26.5 Å². The van der Waals surface area contributed by atoms with Gasteiger partial charge in [-0.3, -0.25) is 0 Å². The SMILES string of the molecule is CC(C)COCC(O)CNC(=O)NCc1ccc(Cl)cc1Cl. The number of amides is 2. The average molecular weight is 349 g/mol. The molecule has 0 aliphatic rings. The molecule has 0 saturated carbocycles. The molecule has 1 rings (SSSR count). The largest absolute Gasteiger partial charge is 0.389 e. The van der Waals surface area contributed by atoms with E-state index in [1.807, 2.05) is 13.8 Å². The zero-order chi connectivity index (χ0) is 16.5. The van der Waals surface area contributed by atoms with Crippen molar-refractivity contribution in [2.75, 3.05) is 19.8 Å². The highest BCUT2D eigenvalue weighted by Crippen LogP contribution is 2.20. The fourth-order valence-corrected chi connectivity index (χ4v) is 2.09. The molecule has 1 aromatic carbocycles. The van der Waals surface area contributed by atoms with E-state index in [9.17, 15) is 9.90 Å². The molecule has 2 amide bonds. The topological polar surface area (TPSA) is 70.6 Å². The first-order valence-electron chi connectivity index (χ1n) is 7.10. The van der Waals surface area contributed by atoms with E-state index in [2.05, 4.69) is 10.6 Å². The van der Waals surface area contributed by atoms with Gasteiger partial charge in [0, 0.05) is 29.7 Å². The molecule has 0 aromatic heterocycles. The number of benzene rings is 1. The van der Waals surface area contributed by atoms with Crippen LogP contribution >= 0.6 is 23.2 Å². The van der Waals surface area contributed by atoms with Gasteiger partial charge in [0.15, 0.2) is 0 Å². The third-order valence-electron chi connectivity index (χ3n) is 2.71. The summed E-state index contributed by atoms with van der Waals surface area (Å²) < 4.78 is 5.29. The lowest BCUT2D eigenvalue weighted by Crippen LogP contribution is -2.40. The molecule has 0 saturated heterocycles. The molecule has 1 unspecified atom stereocenters. The second-order valence-corrected chi connectivity index (χ2v) is 6.23. The molecule has 124 valence electrons. The number of rotatable bonds is 8. The zero-order valence-electron chi connectivity index (χ0n) is 12.7. The lowest BCUT2D eigenvalue weighted by atomic mass is 10.2. The van der Waals surface area contributed by atoms with E-state index in [1.165, 1.54) is 0 Å². The Morgan fingerprint density at radius 1 is 1.27 bits per heavy atom. The Hall–Kier alpha value is -1.01. The summed E-state index contributed by atoms with van der Waals surface area (Å²) in [6, 6.07) is 4.69. The van der Waals surface area contributed by atoms with Crippen molar-refractivity contribution in [2.24, 2.45) is 5.92 Å². The minimum atomic E-state index is -0.733. The van der Waals surface area contributed by atoms with Gasteiger partial charge >= 0.3 is 6.03 Å². The quantitative estimate of drug-likeness (QED) is 0.676. The van der Waals surface area contributed by atoms with Crippen LogP contribution in [0.25, 0.3) is 0 Å².